The summed E-state index contributed by atoms with van der Waals surface area (Å²) in [4.78, 5) is 2.41. The minimum absolute atomic E-state index is 0.514. The van der Waals surface area contributed by atoms with Crippen molar-refractivity contribution in [3.63, 3.8) is 0 Å². The van der Waals surface area contributed by atoms with Gasteiger partial charge in [0.25, 0.3) is 0 Å². The van der Waals surface area contributed by atoms with E-state index < -0.39 is 0 Å². The topological polar surface area (TPSA) is 34.0 Å². The molecule has 94 valence electrons. The lowest BCUT2D eigenvalue weighted by atomic mass is 9.91. The standard InChI is InChI=1S/C13H22N4/c1-9(2)11-6-16(3)8-13(11)17-7-12(14-15-17)10-4-5-10/h7,9-11,13H,4-6,8H2,1-3H3. The number of hydrogen-bond donors (Lipinski definition) is 0. The van der Waals surface area contributed by atoms with Gasteiger partial charge in [-0.15, -0.1) is 5.10 Å². The van der Waals surface area contributed by atoms with Crippen LogP contribution >= 0.6 is 0 Å². The predicted molar refractivity (Wildman–Crippen MR) is 66.9 cm³/mol. The average molecular weight is 234 g/mol. The van der Waals surface area contributed by atoms with Gasteiger partial charge in [0.2, 0.25) is 0 Å². The second-order valence-corrected chi connectivity index (χ2v) is 6.09. The van der Waals surface area contributed by atoms with Crippen LogP contribution in [0.4, 0.5) is 0 Å². The quantitative estimate of drug-likeness (QED) is 0.801. The van der Waals surface area contributed by atoms with Crippen molar-refractivity contribution in [1.29, 1.82) is 0 Å². The van der Waals surface area contributed by atoms with E-state index in [4.69, 9.17) is 0 Å². The fraction of sp³-hybridized carbons (Fsp3) is 0.846. The van der Waals surface area contributed by atoms with Crippen molar-refractivity contribution in [3.8, 4) is 0 Å². The highest BCUT2D eigenvalue weighted by Gasteiger charge is 2.36. The number of hydrogen-bond acceptors (Lipinski definition) is 3. The molecule has 0 N–H and O–H groups in total. The maximum Gasteiger partial charge on any atom is 0.0858 e. The van der Waals surface area contributed by atoms with Gasteiger partial charge in [-0.25, -0.2) is 4.68 Å². The van der Waals surface area contributed by atoms with Crippen LogP contribution in [0.1, 0.15) is 44.3 Å². The van der Waals surface area contributed by atoms with Crippen LogP contribution in [0.3, 0.4) is 0 Å². The molecule has 1 aliphatic heterocycles. The van der Waals surface area contributed by atoms with Crippen molar-refractivity contribution in [2.75, 3.05) is 20.1 Å². The van der Waals surface area contributed by atoms with Gasteiger partial charge in [0, 0.05) is 25.2 Å². The van der Waals surface area contributed by atoms with E-state index in [1.807, 2.05) is 0 Å². The van der Waals surface area contributed by atoms with Crippen molar-refractivity contribution in [2.45, 2.75) is 38.6 Å². The minimum atomic E-state index is 0.514. The lowest BCUT2D eigenvalue weighted by Crippen LogP contribution is -2.22. The van der Waals surface area contributed by atoms with Gasteiger partial charge in [-0.05, 0) is 31.7 Å². The summed E-state index contributed by atoms with van der Waals surface area (Å²) in [5, 5.41) is 8.70. The summed E-state index contributed by atoms with van der Waals surface area (Å²) in [5.41, 5.74) is 1.21. The largest absolute Gasteiger partial charge is 0.304 e. The van der Waals surface area contributed by atoms with E-state index in [0.717, 1.165) is 6.54 Å². The van der Waals surface area contributed by atoms with Crippen LogP contribution in [0.25, 0.3) is 0 Å². The molecule has 1 saturated heterocycles. The smallest absolute Gasteiger partial charge is 0.0858 e. The van der Waals surface area contributed by atoms with Gasteiger partial charge in [-0.3, -0.25) is 0 Å². The van der Waals surface area contributed by atoms with E-state index in [-0.39, 0.29) is 0 Å². The SMILES string of the molecule is CC(C)C1CN(C)CC1n1cc(C2CC2)nn1. The molecule has 1 aliphatic carbocycles. The average Bonchev–Trinajstić information content (AvgIpc) is 2.88. The highest BCUT2D eigenvalue weighted by atomic mass is 15.4. The number of likely N-dealkylation sites (tertiary alicyclic amines) is 1. The molecule has 1 aromatic heterocycles. The second kappa shape index (κ2) is 4.09. The minimum Gasteiger partial charge on any atom is -0.304 e. The molecule has 4 heteroatoms. The second-order valence-electron chi connectivity index (χ2n) is 6.09. The summed E-state index contributed by atoms with van der Waals surface area (Å²) in [6, 6.07) is 0.514. The molecular weight excluding hydrogens is 212 g/mol. The van der Waals surface area contributed by atoms with E-state index in [9.17, 15) is 0 Å². The molecular formula is C13H22N4. The highest BCUT2D eigenvalue weighted by molar-refractivity contribution is 5.10. The Labute approximate surface area is 103 Å². The lowest BCUT2D eigenvalue weighted by Gasteiger charge is -2.21. The first-order chi connectivity index (χ1) is 8.15. The van der Waals surface area contributed by atoms with Gasteiger partial charge < -0.3 is 4.90 Å². The fourth-order valence-corrected chi connectivity index (χ4v) is 2.96. The molecule has 2 heterocycles. The van der Waals surface area contributed by atoms with Gasteiger partial charge in [-0.2, -0.15) is 0 Å². The van der Waals surface area contributed by atoms with E-state index in [2.05, 4.69) is 47.0 Å². The van der Waals surface area contributed by atoms with E-state index >= 15 is 0 Å². The normalized spacial score (nSPS) is 30.4. The predicted octanol–water partition coefficient (Wildman–Crippen LogP) is 1.91. The van der Waals surface area contributed by atoms with Crippen molar-refractivity contribution >= 4 is 0 Å². The molecule has 1 aromatic rings. The van der Waals surface area contributed by atoms with Crippen LogP contribution in [0, 0.1) is 11.8 Å². The zero-order chi connectivity index (χ0) is 12.0. The molecule has 4 nitrogen and oxygen atoms in total. The number of aromatic nitrogens is 3. The fourth-order valence-electron chi connectivity index (χ4n) is 2.96. The summed E-state index contributed by atoms with van der Waals surface area (Å²) in [6.07, 6.45) is 4.80. The lowest BCUT2D eigenvalue weighted by molar-refractivity contribution is 0.294. The van der Waals surface area contributed by atoms with Gasteiger partial charge in [-0.1, -0.05) is 19.1 Å². The first-order valence-corrected chi connectivity index (χ1v) is 6.75. The van der Waals surface area contributed by atoms with Crippen LogP contribution in [0.2, 0.25) is 0 Å². The Balaban J connectivity index is 1.80. The van der Waals surface area contributed by atoms with Gasteiger partial charge in [0.05, 0.1) is 11.7 Å². The molecule has 0 aromatic carbocycles. The third-order valence-electron chi connectivity index (χ3n) is 4.24. The van der Waals surface area contributed by atoms with Crippen molar-refractivity contribution < 1.29 is 0 Å². The Morgan fingerprint density at radius 2 is 2.06 bits per heavy atom. The molecule has 2 unspecified atom stereocenters. The van der Waals surface area contributed by atoms with Crippen molar-refractivity contribution in [2.24, 2.45) is 11.8 Å². The molecule has 2 atom stereocenters. The van der Waals surface area contributed by atoms with Crippen LogP contribution in [0.15, 0.2) is 6.20 Å². The maximum atomic E-state index is 4.37. The molecule has 2 aliphatic rings. The number of likely N-dealkylation sites (N-methyl/N-ethyl adjacent to an activating group) is 1. The van der Waals surface area contributed by atoms with Crippen LogP contribution < -0.4 is 0 Å². The van der Waals surface area contributed by atoms with Gasteiger partial charge >= 0.3 is 0 Å². The Bertz CT molecular complexity index is 394. The molecule has 0 spiro atoms. The van der Waals surface area contributed by atoms with Crippen LogP contribution in [-0.4, -0.2) is 40.0 Å². The van der Waals surface area contributed by atoms with E-state index in [1.54, 1.807) is 0 Å². The Morgan fingerprint density at radius 3 is 2.71 bits per heavy atom. The highest BCUT2D eigenvalue weighted by Crippen LogP contribution is 2.39. The van der Waals surface area contributed by atoms with E-state index in [0.29, 0.717) is 23.8 Å². The molecule has 17 heavy (non-hydrogen) atoms. The summed E-state index contributed by atoms with van der Waals surface area (Å²) < 4.78 is 2.13. The summed E-state index contributed by atoms with van der Waals surface area (Å²) in [5.74, 6) is 2.12. The van der Waals surface area contributed by atoms with E-state index in [1.165, 1.54) is 25.1 Å². The molecule has 2 fully saturated rings. The Hall–Kier alpha value is -0.900. The monoisotopic (exact) mass is 234 g/mol. The Kier molecular flexibility index (Phi) is 2.69. The summed E-state index contributed by atoms with van der Waals surface area (Å²) in [6.45, 7) is 6.92. The van der Waals surface area contributed by atoms with Crippen molar-refractivity contribution in [1.82, 2.24) is 19.9 Å². The van der Waals surface area contributed by atoms with Crippen LogP contribution in [0.5, 0.6) is 0 Å². The Morgan fingerprint density at radius 1 is 1.29 bits per heavy atom. The zero-order valence-corrected chi connectivity index (χ0v) is 11.0. The van der Waals surface area contributed by atoms with Crippen LogP contribution in [-0.2, 0) is 0 Å². The number of nitrogens with zero attached hydrogens (tertiary/aromatic N) is 4. The first-order valence-electron chi connectivity index (χ1n) is 6.75. The van der Waals surface area contributed by atoms with Crippen molar-refractivity contribution in [3.05, 3.63) is 11.9 Å². The maximum absolute atomic E-state index is 4.37. The molecule has 0 radical (unpaired) electrons. The third kappa shape index (κ3) is 2.10. The van der Waals surface area contributed by atoms with Gasteiger partial charge in [0.15, 0.2) is 0 Å². The molecule has 0 amide bonds. The third-order valence-corrected chi connectivity index (χ3v) is 4.24. The number of rotatable bonds is 3. The molecule has 1 saturated carbocycles. The van der Waals surface area contributed by atoms with Gasteiger partial charge in [0.1, 0.15) is 0 Å². The zero-order valence-electron chi connectivity index (χ0n) is 11.0. The molecule has 0 bridgehead atoms. The summed E-state index contributed by atoms with van der Waals surface area (Å²) in [7, 11) is 2.20. The first kappa shape index (κ1) is 11.2. The summed E-state index contributed by atoms with van der Waals surface area (Å²) >= 11 is 0. The molecule has 3 rings (SSSR count).